The summed E-state index contributed by atoms with van der Waals surface area (Å²) in [6, 6.07) is 20.2. The first-order valence-electron chi connectivity index (χ1n) is 15.3. The molecular weight excluding hydrogens is 556 g/mol. The van der Waals surface area contributed by atoms with Crippen molar-refractivity contribution < 1.29 is 28.5 Å². The Morgan fingerprint density at radius 2 is 1.49 bits per heavy atom. The Balaban J connectivity index is 1.81. The molecular formula is C36H52O6Si. The summed E-state index contributed by atoms with van der Waals surface area (Å²) < 4.78 is 32.4. The molecule has 0 aliphatic carbocycles. The topological polar surface area (TPSA) is 66.4 Å². The van der Waals surface area contributed by atoms with Crippen molar-refractivity contribution in [1.29, 1.82) is 0 Å². The van der Waals surface area contributed by atoms with Crippen LogP contribution in [-0.4, -0.2) is 63.3 Å². The Morgan fingerprint density at radius 1 is 0.884 bits per heavy atom. The molecule has 43 heavy (non-hydrogen) atoms. The van der Waals surface area contributed by atoms with Crippen LogP contribution in [0.3, 0.4) is 0 Å². The van der Waals surface area contributed by atoms with Crippen LogP contribution in [-0.2, 0) is 36.6 Å². The van der Waals surface area contributed by atoms with Crippen molar-refractivity contribution in [3.63, 3.8) is 0 Å². The highest BCUT2D eigenvalue weighted by molar-refractivity contribution is 6.74. The van der Waals surface area contributed by atoms with Crippen LogP contribution in [0, 0.1) is 0 Å². The number of ether oxygens (including phenoxy) is 4. The predicted octanol–water partition coefficient (Wildman–Crippen LogP) is 7.40. The molecule has 1 N–H and O–H groups in total. The van der Waals surface area contributed by atoms with Gasteiger partial charge in [0.15, 0.2) is 8.32 Å². The highest BCUT2D eigenvalue weighted by Gasteiger charge is 2.39. The van der Waals surface area contributed by atoms with Gasteiger partial charge < -0.3 is 28.5 Å². The summed E-state index contributed by atoms with van der Waals surface area (Å²) in [6.07, 6.45) is 5.65. The summed E-state index contributed by atoms with van der Waals surface area (Å²) in [5.41, 5.74) is 2.17. The minimum Gasteiger partial charge on any atom is -0.414 e. The van der Waals surface area contributed by atoms with Gasteiger partial charge >= 0.3 is 0 Å². The number of hydrogen-bond acceptors (Lipinski definition) is 6. The Labute approximate surface area is 260 Å². The maximum Gasteiger partial charge on any atom is 0.192 e. The zero-order chi connectivity index (χ0) is 31.3. The summed E-state index contributed by atoms with van der Waals surface area (Å²) >= 11 is 0. The second-order valence-electron chi connectivity index (χ2n) is 12.7. The first kappa shape index (κ1) is 35.1. The normalized spacial score (nSPS) is 22.5. The molecule has 6 atom stereocenters. The van der Waals surface area contributed by atoms with Crippen LogP contribution in [0.25, 0.3) is 0 Å². The van der Waals surface area contributed by atoms with E-state index in [1.807, 2.05) is 78.9 Å². The molecule has 236 valence electrons. The van der Waals surface area contributed by atoms with Gasteiger partial charge in [-0.25, -0.2) is 0 Å². The van der Waals surface area contributed by atoms with Gasteiger partial charge in [-0.05, 0) is 42.1 Å². The molecule has 2 aromatic carbocycles. The molecule has 6 nitrogen and oxygen atoms in total. The molecule has 1 unspecified atom stereocenters. The summed E-state index contributed by atoms with van der Waals surface area (Å²) in [6.45, 7) is 20.3. The fraction of sp³-hybridized carbons (Fsp3) is 0.500. The molecule has 0 saturated carbocycles. The lowest BCUT2D eigenvalue weighted by atomic mass is 10.1. The lowest BCUT2D eigenvalue weighted by Gasteiger charge is -2.38. The lowest BCUT2D eigenvalue weighted by Crippen LogP contribution is -2.47. The van der Waals surface area contributed by atoms with Crippen LogP contribution in [0.4, 0.5) is 0 Å². The van der Waals surface area contributed by atoms with Crippen LogP contribution in [0.2, 0.25) is 18.1 Å². The summed E-state index contributed by atoms with van der Waals surface area (Å²) in [4.78, 5) is 0. The summed E-state index contributed by atoms with van der Waals surface area (Å²) in [5.74, 6) is 0. The molecule has 0 saturated heterocycles. The van der Waals surface area contributed by atoms with Crippen LogP contribution in [0.5, 0.6) is 0 Å². The third kappa shape index (κ3) is 11.3. The van der Waals surface area contributed by atoms with Crippen molar-refractivity contribution in [2.75, 3.05) is 13.2 Å². The highest BCUT2D eigenvalue weighted by atomic mass is 28.4. The van der Waals surface area contributed by atoms with E-state index in [2.05, 4.69) is 47.0 Å². The zero-order valence-corrected chi connectivity index (χ0v) is 27.7. The number of rotatable bonds is 17. The third-order valence-electron chi connectivity index (χ3n) is 8.23. The van der Waals surface area contributed by atoms with Gasteiger partial charge in [0.05, 0.1) is 38.6 Å². The molecule has 0 spiro atoms. The van der Waals surface area contributed by atoms with Crippen molar-refractivity contribution in [2.45, 2.75) is 102 Å². The molecule has 0 amide bonds. The van der Waals surface area contributed by atoms with E-state index in [-0.39, 0.29) is 30.0 Å². The maximum absolute atomic E-state index is 11.1. The molecule has 3 rings (SSSR count). The largest absolute Gasteiger partial charge is 0.414 e. The van der Waals surface area contributed by atoms with Crippen LogP contribution < -0.4 is 0 Å². The minimum absolute atomic E-state index is 0.0356. The highest BCUT2D eigenvalue weighted by Crippen LogP contribution is 2.37. The van der Waals surface area contributed by atoms with Crippen LogP contribution in [0.15, 0.2) is 98.1 Å². The van der Waals surface area contributed by atoms with Gasteiger partial charge in [-0.3, -0.25) is 0 Å². The summed E-state index contributed by atoms with van der Waals surface area (Å²) in [7, 11) is -2.07. The van der Waals surface area contributed by atoms with Crippen molar-refractivity contribution in [3.8, 4) is 0 Å². The van der Waals surface area contributed by atoms with E-state index < -0.39 is 26.6 Å². The Morgan fingerprint density at radius 3 is 2.07 bits per heavy atom. The molecule has 0 aromatic heterocycles. The van der Waals surface area contributed by atoms with Crippen molar-refractivity contribution in [2.24, 2.45) is 0 Å². The zero-order valence-electron chi connectivity index (χ0n) is 26.7. The standard InChI is InChI=1S/C36H52O6Si/c1-8-16-30(37)34(27-40-43(6,7)36(3,4)5)41-33-23-22-31(39-25-29-20-14-11-15-21-29)35(42-32(33)17-9-2)26-38-24-28-18-12-10-13-19-28/h8-15,18-23,30-35,37H,1-2,16-17,24-27H2,3-7H3/t30-,31+,32+,33-,34?,35-/m0/s1. The van der Waals surface area contributed by atoms with Gasteiger partial charge in [-0.2, -0.15) is 0 Å². The van der Waals surface area contributed by atoms with Crippen molar-refractivity contribution >= 4 is 8.32 Å². The van der Waals surface area contributed by atoms with E-state index in [4.69, 9.17) is 23.4 Å². The molecule has 7 heteroatoms. The monoisotopic (exact) mass is 608 g/mol. The average Bonchev–Trinajstić information content (AvgIpc) is 3.13. The van der Waals surface area contributed by atoms with E-state index in [1.165, 1.54) is 0 Å². The molecule has 0 radical (unpaired) electrons. The lowest BCUT2D eigenvalue weighted by molar-refractivity contribution is -0.161. The van der Waals surface area contributed by atoms with E-state index >= 15 is 0 Å². The predicted molar refractivity (Wildman–Crippen MR) is 176 cm³/mol. The molecule has 2 aromatic rings. The van der Waals surface area contributed by atoms with Gasteiger partial charge in [0.25, 0.3) is 0 Å². The summed E-state index contributed by atoms with van der Waals surface area (Å²) in [5, 5.41) is 11.1. The van der Waals surface area contributed by atoms with Crippen molar-refractivity contribution in [1.82, 2.24) is 0 Å². The van der Waals surface area contributed by atoms with Gasteiger partial charge in [-0.15, -0.1) is 13.2 Å². The quantitative estimate of drug-likeness (QED) is 0.149. The molecule has 0 fully saturated rings. The molecule has 0 bridgehead atoms. The molecule has 1 heterocycles. The van der Waals surface area contributed by atoms with E-state index in [9.17, 15) is 5.11 Å². The van der Waals surface area contributed by atoms with Crippen LogP contribution in [0.1, 0.15) is 44.7 Å². The number of hydrogen-bond donors (Lipinski definition) is 1. The van der Waals surface area contributed by atoms with Crippen molar-refractivity contribution in [3.05, 3.63) is 109 Å². The third-order valence-corrected chi connectivity index (χ3v) is 12.7. The smallest absolute Gasteiger partial charge is 0.192 e. The number of aliphatic hydroxyl groups excluding tert-OH is 1. The fourth-order valence-electron chi connectivity index (χ4n) is 4.54. The van der Waals surface area contributed by atoms with Gasteiger partial charge in [0.1, 0.15) is 24.4 Å². The van der Waals surface area contributed by atoms with Gasteiger partial charge in [-0.1, -0.05) is 106 Å². The molecule has 1 aliphatic heterocycles. The number of aliphatic hydroxyl groups is 1. The van der Waals surface area contributed by atoms with E-state index in [0.717, 1.165) is 11.1 Å². The minimum atomic E-state index is -2.07. The first-order valence-corrected chi connectivity index (χ1v) is 18.2. The van der Waals surface area contributed by atoms with Crippen LogP contribution >= 0.6 is 0 Å². The SMILES string of the molecule is C=CC[C@H](O)C(CO[Si](C)(C)C(C)(C)C)O[C@H]1C=C[C@@H](OCc2ccccc2)[C@H](COCc2ccccc2)O[C@@H]1CC=C. The first-order chi connectivity index (χ1) is 20.5. The number of benzene rings is 2. The van der Waals surface area contributed by atoms with E-state index in [0.29, 0.717) is 32.7 Å². The maximum atomic E-state index is 11.1. The van der Waals surface area contributed by atoms with E-state index in [1.54, 1.807) is 6.08 Å². The van der Waals surface area contributed by atoms with Gasteiger partial charge in [0, 0.05) is 0 Å². The Kier molecular flexibility index (Phi) is 14.1. The molecule has 1 aliphatic rings. The average molecular weight is 609 g/mol. The second-order valence-corrected chi connectivity index (χ2v) is 17.5. The van der Waals surface area contributed by atoms with Gasteiger partial charge in [0.2, 0.25) is 0 Å². The fourth-order valence-corrected chi connectivity index (χ4v) is 5.55. The second kappa shape index (κ2) is 17.2. The Hall–Kier alpha value is -2.36. The Bertz CT molecular complexity index is 1110.